The van der Waals surface area contributed by atoms with E-state index in [9.17, 15) is 4.79 Å². The van der Waals surface area contributed by atoms with Gasteiger partial charge >= 0.3 is 5.97 Å². The van der Waals surface area contributed by atoms with E-state index in [2.05, 4.69) is 14.7 Å². The van der Waals surface area contributed by atoms with Gasteiger partial charge in [0.25, 0.3) is 0 Å². The number of nitrogens with zero attached hydrogens (tertiary/aromatic N) is 1. The minimum Gasteiger partial charge on any atom is -0.469 e. The fraction of sp³-hybridized carbons (Fsp3) is 0.385. The molecular formula is C13H16N2O2S. The average molecular weight is 264 g/mol. The normalized spacial score (nSPS) is 12.6. The molecule has 0 aliphatic heterocycles. The van der Waals surface area contributed by atoms with Crippen molar-refractivity contribution in [1.82, 2.24) is 9.97 Å². The van der Waals surface area contributed by atoms with Crippen LogP contribution in [0.1, 0.15) is 19.2 Å². The Labute approximate surface area is 110 Å². The number of H-pyrrole nitrogens is 1. The lowest BCUT2D eigenvalue weighted by Gasteiger charge is -2.07. The van der Waals surface area contributed by atoms with Crippen molar-refractivity contribution >= 4 is 28.8 Å². The molecule has 0 spiro atoms. The molecule has 4 nitrogen and oxygen atoms in total. The van der Waals surface area contributed by atoms with Crippen LogP contribution in [0.25, 0.3) is 11.0 Å². The first-order valence-electron chi connectivity index (χ1n) is 5.81. The summed E-state index contributed by atoms with van der Waals surface area (Å²) in [6.45, 7) is 2.02. The van der Waals surface area contributed by atoms with Gasteiger partial charge in [0.05, 0.1) is 30.3 Å². The van der Waals surface area contributed by atoms with Gasteiger partial charge in [-0.15, -0.1) is 0 Å². The molecule has 0 fully saturated rings. The van der Waals surface area contributed by atoms with Crippen molar-refractivity contribution in [2.75, 3.05) is 7.11 Å². The summed E-state index contributed by atoms with van der Waals surface area (Å²) in [6.07, 6.45) is 0.432. The number of benzene rings is 1. The number of methoxy groups -OCH3 is 1. The second-order valence-electron chi connectivity index (χ2n) is 4.10. The molecule has 0 amide bonds. The molecule has 1 atom stereocenters. The second kappa shape index (κ2) is 5.91. The molecule has 2 rings (SSSR count). The first-order chi connectivity index (χ1) is 8.69. The summed E-state index contributed by atoms with van der Waals surface area (Å²) >= 11 is 1.69. The third-order valence-electron chi connectivity index (χ3n) is 2.62. The second-order valence-corrected chi connectivity index (χ2v) is 5.53. The number of carbonyl (C=O) groups excluding carboxylic acids is 1. The zero-order valence-electron chi connectivity index (χ0n) is 10.5. The lowest BCUT2D eigenvalue weighted by Crippen LogP contribution is -2.08. The van der Waals surface area contributed by atoms with E-state index in [1.807, 2.05) is 31.2 Å². The summed E-state index contributed by atoms with van der Waals surface area (Å²) in [5.74, 6) is 1.55. The largest absolute Gasteiger partial charge is 0.469 e. The maximum atomic E-state index is 11.1. The van der Waals surface area contributed by atoms with Crippen molar-refractivity contribution in [1.29, 1.82) is 0 Å². The quantitative estimate of drug-likeness (QED) is 0.844. The molecule has 0 aliphatic carbocycles. The standard InChI is InChI=1S/C13H16N2O2S/c1-9(7-13(16)17-2)18-8-12-14-10-5-3-4-6-11(10)15-12/h3-6,9H,7-8H2,1-2H3,(H,14,15). The Morgan fingerprint density at radius 1 is 1.50 bits per heavy atom. The molecular weight excluding hydrogens is 248 g/mol. The third-order valence-corrected chi connectivity index (χ3v) is 3.80. The Bertz CT molecular complexity index is 506. The summed E-state index contributed by atoms with van der Waals surface area (Å²) < 4.78 is 4.65. The molecule has 1 aromatic carbocycles. The number of thioether (sulfide) groups is 1. The highest BCUT2D eigenvalue weighted by Crippen LogP contribution is 2.20. The van der Waals surface area contributed by atoms with Crippen molar-refractivity contribution in [2.24, 2.45) is 0 Å². The number of fused-ring (bicyclic) bond motifs is 1. The van der Waals surface area contributed by atoms with Crippen LogP contribution in [-0.2, 0) is 15.3 Å². The van der Waals surface area contributed by atoms with Crippen LogP contribution in [0.2, 0.25) is 0 Å². The highest BCUT2D eigenvalue weighted by atomic mass is 32.2. The molecule has 0 radical (unpaired) electrons. The van der Waals surface area contributed by atoms with Crippen LogP contribution in [0.3, 0.4) is 0 Å². The Hall–Kier alpha value is -1.49. The Morgan fingerprint density at radius 3 is 3.00 bits per heavy atom. The van der Waals surface area contributed by atoms with Crippen LogP contribution in [0, 0.1) is 0 Å². The van der Waals surface area contributed by atoms with E-state index < -0.39 is 0 Å². The molecule has 0 saturated carbocycles. The van der Waals surface area contributed by atoms with E-state index in [4.69, 9.17) is 0 Å². The maximum Gasteiger partial charge on any atom is 0.306 e. The zero-order chi connectivity index (χ0) is 13.0. The van der Waals surface area contributed by atoms with Gasteiger partial charge < -0.3 is 9.72 Å². The molecule has 0 saturated heterocycles. The van der Waals surface area contributed by atoms with Gasteiger partial charge in [-0.1, -0.05) is 19.1 Å². The summed E-state index contributed by atoms with van der Waals surface area (Å²) in [5, 5.41) is 0.227. The van der Waals surface area contributed by atoms with Gasteiger partial charge in [-0.3, -0.25) is 4.79 Å². The van der Waals surface area contributed by atoms with E-state index in [1.165, 1.54) is 7.11 Å². The van der Waals surface area contributed by atoms with Crippen molar-refractivity contribution in [3.05, 3.63) is 30.1 Å². The first-order valence-corrected chi connectivity index (χ1v) is 6.86. The molecule has 2 aromatic rings. The van der Waals surface area contributed by atoms with Gasteiger partial charge in [0.1, 0.15) is 5.82 Å². The summed E-state index contributed by atoms with van der Waals surface area (Å²) in [6, 6.07) is 7.95. The topological polar surface area (TPSA) is 55.0 Å². The van der Waals surface area contributed by atoms with Crippen LogP contribution in [-0.4, -0.2) is 28.3 Å². The number of aromatic amines is 1. The number of carbonyl (C=O) groups is 1. The van der Waals surface area contributed by atoms with Crippen LogP contribution >= 0.6 is 11.8 Å². The van der Waals surface area contributed by atoms with Crippen LogP contribution in [0.15, 0.2) is 24.3 Å². The number of ether oxygens (including phenoxy) is 1. The van der Waals surface area contributed by atoms with Crippen molar-refractivity contribution < 1.29 is 9.53 Å². The fourth-order valence-electron chi connectivity index (χ4n) is 1.67. The first kappa shape index (κ1) is 13.0. The monoisotopic (exact) mass is 264 g/mol. The van der Waals surface area contributed by atoms with E-state index in [0.29, 0.717) is 6.42 Å². The molecule has 18 heavy (non-hydrogen) atoms. The maximum absolute atomic E-state index is 11.1. The number of para-hydroxylation sites is 2. The van der Waals surface area contributed by atoms with Crippen molar-refractivity contribution in [3.63, 3.8) is 0 Å². The zero-order valence-corrected chi connectivity index (χ0v) is 11.3. The summed E-state index contributed by atoms with van der Waals surface area (Å²) in [7, 11) is 1.42. The van der Waals surface area contributed by atoms with Crippen molar-refractivity contribution in [2.45, 2.75) is 24.3 Å². The Kier molecular flexibility index (Phi) is 4.25. The molecule has 1 N–H and O–H groups in total. The number of rotatable bonds is 5. The van der Waals surface area contributed by atoms with Gasteiger partial charge in [-0.25, -0.2) is 4.98 Å². The molecule has 1 unspecified atom stereocenters. The van der Waals surface area contributed by atoms with Gasteiger partial charge in [0.15, 0.2) is 0 Å². The molecule has 96 valence electrons. The number of esters is 1. The number of imidazole rings is 1. The molecule has 5 heteroatoms. The van der Waals surface area contributed by atoms with E-state index in [1.54, 1.807) is 11.8 Å². The predicted molar refractivity (Wildman–Crippen MR) is 73.5 cm³/mol. The van der Waals surface area contributed by atoms with Crippen molar-refractivity contribution in [3.8, 4) is 0 Å². The van der Waals surface area contributed by atoms with E-state index in [0.717, 1.165) is 22.6 Å². The molecule has 0 bridgehead atoms. The molecule has 0 aliphatic rings. The fourth-order valence-corrected chi connectivity index (χ4v) is 2.51. The summed E-state index contributed by atoms with van der Waals surface area (Å²) in [4.78, 5) is 18.9. The number of hydrogen-bond donors (Lipinski definition) is 1. The van der Waals surface area contributed by atoms with Crippen LogP contribution < -0.4 is 0 Å². The number of hydrogen-bond acceptors (Lipinski definition) is 4. The number of nitrogens with one attached hydrogen (secondary N) is 1. The molecule has 1 heterocycles. The number of aromatic nitrogens is 2. The third kappa shape index (κ3) is 3.26. The SMILES string of the molecule is COC(=O)CC(C)SCc1nc2ccccc2[nH]1. The van der Waals surface area contributed by atoms with Crippen LogP contribution in [0.4, 0.5) is 0 Å². The average Bonchev–Trinajstić information content (AvgIpc) is 2.79. The van der Waals surface area contributed by atoms with Crippen LogP contribution in [0.5, 0.6) is 0 Å². The lowest BCUT2D eigenvalue weighted by atomic mass is 10.3. The van der Waals surface area contributed by atoms with Gasteiger partial charge in [0, 0.05) is 5.25 Å². The van der Waals surface area contributed by atoms with E-state index in [-0.39, 0.29) is 11.2 Å². The minimum atomic E-state index is -0.167. The highest BCUT2D eigenvalue weighted by Gasteiger charge is 2.11. The highest BCUT2D eigenvalue weighted by molar-refractivity contribution is 7.99. The van der Waals surface area contributed by atoms with E-state index >= 15 is 0 Å². The lowest BCUT2D eigenvalue weighted by molar-refractivity contribution is -0.140. The predicted octanol–water partition coefficient (Wildman–Crippen LogP) is 2.75. The van der Waals surface area contributed by atoms with Gasteiger partial charge in [-0.2, -0.15) is 11.8 Å². The Morgan fingerprint density at radius 2 is 2.28 bits per heavy atom. The summed E-state index contributed by atoms with van der Waals surface area (Å²) in [5.41, 5.74) is 2.03. The smallest absolute Gasteiger partial charge is 0.306 e. The minimum absolute atomic E-state index is 0.167. The Balaban J connectivity index is 1.91. The van der Waals surface area contributed by atoms with Gasteiger partial charge in [0.2, 0.25) is 0 Å². The molecule has 1 aromatic heterocycles. The van der Waals surface area contributed by atoms with Gasteiger partial charge in [-0.05, 0) is 12.1 Å².